The molecular formula is C61H60N+. The SMILES string of the molecule is CCCCc1ccc(-c2cc(-c3ccccc3)cc(-c3cc(-c4ccccc4)cc(-c4cccc(-c5ccc6c(c5)-c5cccc[n+]5C(CC)(CCC)C6(C)CC)c4)c3)c2)cc1. The first-order valence-corrected chi connectivity index (χ1v) is 23.2. The van der Waals surface area contributed by atoms with Crippen molar-refractivity contribution in [3.63, 3.8) is 0 Å². The lowest BCUT2D eigenvalue weighted by Gasteiger charge is -2.48. The van der Waals surface area contributed by atoms with Gasteiger partial charge < -0.3 is 0 Å². The Labute approximate surface area is 370 Å². The molecule has 0 radical (unpaired) electrons. The van der Waals surface area contributed by atoms with Crippen LogP contribution in [0.25, 0.3) is 78.0 Å². The van der Waals surface area contributed by atoms with Crippen LogP contribution >= 0.6 is 0 Å². The fourth-order valence-corrected chi connectivity index (χ4v) is 10.7. The lowest BCUT2D eigenvalue weighted by molar-refractivity contribution is -0.770. The number of pyridine rings is 1. The summed E-state index contributed by atoms with van der Waals surface area (Å²) < 4.78 is 2.64. The van der Waals surface area contributed by atoms with Crippen LogP contribution in [0.2, 0.25) is 0 Å². The summed E-state index contributed by atoms with van der Waals surface area (Å²) >= 11 is 0. The number of aromatic nitrogens is 1. The summed E-state index contributed by atoms with van der Waals surface area (Å²) in [6.45, 7) is 11.9. The monoisotopic (exact) mass is 806 g/mol. The molecule has 308 valence electrons. The highest BCUT2D eigenvalue weighted by atomic mass is 15.1. The molecule has 62 heavy (non-hydrogen) atoms. The predicted octanol–water partition coefficient (Wildman–Crippen LogP) is 16.6. The molecule has 1 aliphatic heterocycles. The highest BCUT2D eigenvalue weighted by molar-refractivity contribution is 5.87. The second-order valence-electron chi connectivity index (χ2n) is 17.7. The van der Waals surface area contributed by atoms with Gasteiger partial charge in [-0.15, -0.1) is 0 Å². The third-order valence-electron chi connectivity index (χ3n) is 14.2. The molecule has 2 unspecified atom stereocenters. The molecule has 0 aliphatic carbocycles. The summed E-state index contributed by atoms with van der Waals surface area (Å²) in [5.74, 6) is 0. The topological polar surface area (TPSA) is 3.88 Å². The molecule has 2 heterocycles. The van der Waals surface area contributed by atoms with E-state index in [1.54, 1.807) is 0 Å². The number of unbranched alkanes of at least 4 members (excludes halogenated alkanes) is 1. The van der Waals surface area contributed by atoms with Gasteiger partial charge in [0.05, 0.1) is 11.0 Å². The highest BCUT2D eigenvalue weighted by Gasteiger charge is 2.58. The summed E-state index contributed by atoms with van der Waals surface area (Å²) in [7, 11) is 0. The first kappa shape index (κ1) is 41.1. The molecule has 2 atom stereocenters. The van der Waals surface area contributed by atoms with Crippen molar-refractivity contribution < 1.29 is 4.57 Å². The zero-order chi connectivity index (χ0) is 42.7. The number of benzene rings is 7. The van der Waals surface area contributed by atoms with Crippen molar-refractivity contribution in [1.29, 1.82) is 0 Å². The van der Waals surface area contributed by atoms with Crippen molar-refractivity contribution in [1.82, 2.24) is 0 Å². The number of fused-ring (bicyclic) bond motifs is 3. The maximum absolute atomic E-state index is 2.64. The van der Waals surface area contributed by atoms with Crippen molar-refractivity contribution in [2.24, 2.45) is 0 Å². The predicted molar refractivity (Wildman–Crippen MR) is 264 cm³/mol. The summed E-state index contributed by atoms with van der Waals surface area (Å²) in [5, 5.41) is 0. The molecule has 1 heteroatoms. The quantitative estimate of drug-likeness (QED) is 0.102. The Morgan fingerprint density at radius 1 is 0.403 bits per heavy atom. The van der Waals surface area contributed by atoms with Crippen LogP contribution in [-0.2, 0) is 17.4 Å². The van der Waals surface area contributed by atoms with Crippen molar-refractivity contribution in [2.75, 3.05) is 0 Å². The van der Waals surface area contributed by atoms with Gasteiger partial charge in [-0.2, -0.15) is 4.57 Å². The van der Waals surface area contributed by atoms with Gasteiger partial charge in [-0.05, 0) is 165 Å². The molecule has 0 N–H and O–H groups in total. The molecule has 9 rings (SSSR count). The molecule has 0 amide bonds. The number of hydrogen-bond acceptors (Lipinski definition) is 0. The average molecular weight is 807 g/mol. The van der Waals surface area contributed by atoms with Gasteiger partial charge in [0, 0.05) is 25.0 Å². The van der Waals surface area contributed by atoms with Gasteiger partial charge in [0.25, 0.3) is 0 Å². The lowest BCUT2D eigenvalue weighted by Crippen LogP contribution is -2.69. The van der Waals surface area contributed by atoms with E-state index in [0.717, 1.165) is 32.1 Å². The van der Waals surface area contributed by atoms with Gasteiger partial charge in [0.2, 0.25) is 5.69 Å². The molecule has 7 aromatic carbocycles. The maximum Gasteiger partial charge on any atom is 0.213 e. The molecule has 0 fully saturated rings. The molecule has 1 aromatic heterocycles. The van der Waals surface area contributed by atoms with Crippen molar-refractivity contribution in [3.05, 3.63) is 199 Å². The summed E-state index contributed by atoms with van der Waals surface area (Å²) in [4.78, 5) is 0. The van der Waals surface area contributed by atoms with Crippen molar-refractivity contribution in [3.8, 4) is 78.0 Å². The summed E-state index contributed by atoms with van der Waals surface area (Å²) in [6.07, 6.45) is 10.4. The number of aryl methyl sites for hydroxylation is 1. The molecule has 0 bridgehead atoms. The normalized spacial score (nSPS) is 16.7. The fourth-order valence-electron chi connectivity index (χ4n) is 10.7. The Bertz CT molecular complexity index is 2820. The Morgan fingerprint density at radius 2 is 0.871 bits per heavy atom. The third kappa shape index (κ3) is 7.53. The highest BCUT2D eigenvalue weighted by Crippen LogP contribution is 2.52. The minimum Gasteiger partial charge on any atom is -0.192 e. The minimum absolute atomic E-state index is 0.0105. The van der Waals surface area contributed by atoms with E-state index in [1.165, 1.54) is 102 Å². The second-order valence-corrected chi connectivity index (χ2v) is 17.7. The van der Waals surface area contributed by atoms with Crippen LogP contribution in [-0.4, -0.2) is 0 Å². The van der Waals surface area contributed by atoms with Crippen LogP contribution in [0.5, 0.6) is 0 Å². The summed E-state index contributed by atoms with van der Waals surface area (Å²) in [6, 6.07) is 68.5. The number of nitrogens with zero attached hydrogens (tertiary/aromatic N) is 1. The Balaban J connectivity index is 1.17. The van der Waals surface area contributed by atoms with Crippen LogP contribution < -0.4 is 4.57 Å². The second kappa shape index (κ2) is 17.6. The van der Waals surface area contributed by atoms with Crippen LogP contribution in [0, 0.1) is 0 Å². The van der Waals surface area contributed by atoms with E-state index < -0.39 is 0 Å². The molecule has 0 spiro atoms. The van der Waals surface area contributed by atoms with Crippen molar-refractivity contribution >= 4 is 0 Å². The lowest BCUT2D eigenvalue weighted by atomic mass is 9.58. The van der Waals surface area contributed by atoms with Gasteiger partial charge >= 0.3 is 0 Å². The smallest absolute Gasteiger partial charge is 0.192 e. The molecule has 0 saturated carbocycles. The zero-order valence-corrected chi connectivity index (χ0v) is 37.3. The minimum atomic E-state index is 0.0105. The van der Waals surface area contributed by atoms with E-state index in [9.17, 15) is 0 Å². The molecule has 0 saturated heterocycles. The van der Waals surface area contributed by atoms with Gasteiger partial charge in [0.15, 0.2) is 11.7 Å². The first-order valence-electron chi connectivity index (χ1n) is 23.2. The van der Waals surface area contributed by atoms with E-state index in [4.69, 9.17) is 0 Å². The molecule has 1 aliphatic rings. The first-order chi connectivity index (χ1) is 30.4. The number of hydrogen-bond donors (Lipinski definition) is 0. The van der Waals surface area contributed by atoms with E-state index in [1.807, 2.05) is 0 Å². The van der Waals surface area contributed by atoms with Gasteiger partial charge in [-0.3, -0.25) is 0 Å². The Hall–Kier alpha value is -6.31. The van der Waals surface area contributed by atoms with Crippen LogP contribution in [0.15, 0.2) is 188 Å². The van der Waals surface area contributed by atoms with E-state index in [-0.39, 0.29) is 11.0 Å². The van der Waals surface area contributed by atoms with Crippen LogP contribution in [0.3, 0.4) is 0 Å². The van der Waals surface area contributed by atoms with Crippen LogP contribution in [0.4, 0.5) is 0 Å². The van der Waals surface area contributed by atoms with Crippen molar-refractivity contribution in [2.45, 2.75) is 90.5 Å². The van der Waals surface area contributed by atoms with Gasteiger partial charge in [-0.1, -0.05) is 149 Å². The average Bonchev–Trinajstić information content (AvgIpc) is 3.35. The largest absolute Gasteiger partial charge is 0.213 e. The van der Waals surface area contributed by atoms with E-state index in [0.29, 0.717) is 0 Å². The van der Waals surface area contributed by atoms with Crippen LogP contribution in [0.1, 0.15) is 84.3 Å². The number of rotatable bonds is 13. The van der Waals surface area contributed by atoms with Gasteiger partial charge in [-0.25, -0.2) is 0 Å². The molecular weight excluding hydrogens is 747 g/mol. The Morgan fingerprint density at radius 3 is 1.42 bits per heavy atom. The zero-order valence-electron chi connectivity index (χ0n) is 37.3. The Kier molecular flexibility index (Phi) is 11.6. The third-order valence-corrected chi connectivity index (χ3v) is 14.2. The fraction of sp³-hybridized carbons (Fsp3) is 0.230. The van der Waals surface area contributed by atoms with Gasteiger partial charge in [0.1, 0.15) is 0 Å². The maximum atomic E-state index is 2.64. The summed E-state index contributed by atoms with van der Waals surface area (Å²) in [5.41, 5.74) is 20.3. The van der Waals surface area contributed by atoms with E-state index in [2.05, 4.69) is 227 Å². The van der Waals surface area contributed by atoms with E-state index >= 15 is 0 Å². The standard InChI is InChI=1S/C61H60N/c1-6-10-20-44-28-30-47(31-29-44)53-37-51(45-21-13-11-14-22-45)39-55(41-53)56-40-52(46-23-15-12-16-24-46)38-54(42-56)49-26-19-25-48(36-49)50-32-33-58-57(43-50)59-27-17-18-35-62(59)61(9-4,34-7-2)60(58,5)8-3/h11-19,21-33,35-43H,6-10,20,34H2,1-5H3/q+1. The molecule has 8 aromatic rings. The molecule has 1 nitrogen and oxygen atoms in total.